The fraction of sp³-hybridized carbons (Fsp3) is 0.182. The van der Waals surface area contributed by atoms with E-state index in [1.165, 1.54) is 11.1 Å². The van der Waals surface area contributed by atoms with Gasteiger partial charge in [-0.3, -0.25) is 9.78 Å². The lowest BCUT2D eigenvalue weighted by atomic mass is 9.99. The number of nitrogens with zero attached hydrogens (tertiary/aromatic N) is 3. The quantitative estimate of drug-likeness (QED) is 0.723. The minimum Gasteiger partial charge on any atom is -0.367 e. The SMILES string of the molecule is CN(C(=O)c1cc(N2CCc3ccccc3C2)ccn1)c1ccccc1. The summed E-state index contributed by atoms with van der Waals surface area (Å²) in [5.74, 6) is -0.101. The summed E-state index contributed by atoms with van der Waals surface area (Å²) in [5.41, 5.74) is 5.13. The van der Waals surface area contributed by atoms with E-state index in [-0.39, 0.29) is 5.91 Å². The molecule has 0 spiro atoms. The molecule has 0 aliphatic carbocycles. The fourth-order valence-corrected chi connectivity index (χ4v) is 3.39. The normalized spacial score (nSPS) is 13.2. The number of para-hydroxylation sites is 1. The van der Waals surface area contributed by atoms with Crippen LogP contribution in [-0.4, -0.2) is 24.5 Å². The Bertz CT molecular complexity index is 923. The van der Waals surface area contributed by atoms with Gasteiger partial charge in [-0.15, -0.1) is 0 Å². The van der Waals surface area contributed by atoms with Gasteiger partial charge in [0.15, 0.2) is 0 Å². The minimum atomic E-state index is -0.101. The first kappa shape index (κ1) is 16.3. The molecule has 4 nitrogen and oxygen atoms in total. The molecule has 0 saturated heterocycles. The van der Waals surface area contributed by atoms with E-state index in [1.54, 1.807) is 18.1 Å². The molecule has 1 aliphatic heterocycles. The van der Waals surface area contributed by atoms with E-state index in [1.807, 2.05) is 42.5 Å². The highest BCUT2D eigenvalue weighted by Gasteiger charge is 2.19. The summed E-state index contributed by atoms with van der Waals surface area (Å²) in [6.07, 6.45) is 2.74. The van der Waals surface area contributed by atoms with Crippen LogP contribution in [0.3, 0.4) is 0 Å². The third-order valence-corrected chi connectivity index (χ3v) is 4.91. The average Bonchev–Trinajstić information content (AvgIpc) is 2.73. The van der Waals surface area contributed by atoms with Crippen LogP contribution in [0.15, 0.2) is 72.9 Å². The van der Waals surface area contributed by atoms with Crippen molar-refractivity contribution in [1.82, 2.24) is 4.98 Å². The molecule has 0 N–H and O–H groups in total. The van der Waals surface area contributed by atoms with Crippen molar-refractivity contribution in [2.75, 3.05) is 23.4 Å². The molecule has 0 atom stereocenters. The number of carbonyl (C=O) groups is 1. The van der Waals surface area contributed by atoms with Crippen LogP contribution in [0, 0.1) is 0 Å². The van der Waals surface area contributed by atoms with E-state index < -0.39 is 0 Å². The van der Waals surface area contributed by atoms with E-state index in [9.17, 15) is 4.79 Å². The number of amides is 1. The van der Waals surface area contributed by atoms with Crippen LogP contribution in [-0.2, 0) is 13.0 Å². The molecule has 4 rings (SSSR count). The maximum Gasteiger partial charge on any atom is 0.276 e. The minimum absolute atomic E-state index is 0.101. The summed E-state index contributed by atoms with van der Waals surface area (Å²) in [4.78, 5) is 21.1. The zero-order chi connectivity index (χ0) is 17.9. The lowest BCUT2D eigenvalue weighted by Crippen LogP contribution is -2.31. The van der Waals surface area contributed by atoms with Gasteiger partial charge >= 0.3 is 0 Å². The standard InChI is InChI=1S/C22H21N3O/c1-24(19-9-3-2-4-10-19)22(26)21-15-20(11-13-23-21)25-14-12-17-7-5-6-8-18(17)16-25/h2-11,13,15H,12,14,16H2,1H3. The highest BCUT2D eigenvalue weighted by molar-refractivity contribution is 6.04. The number of carbonyl (C=O) groups excluding carboxylic acids is 1. The first-order chi connectivity index (χ1) is 12.7. The van der Waals surface area contributed by atoms with Gasteiger partial charge in [-0.05, 0) is 41.8 Å². The molecule has 0 bridgehead atoms. The third kappa shape index (κ3) is 3.18. The van der Waals surface area contributed by atoms with Crippen LogP contribution >= 0.6 is 0 Å². The molecule has 0 fully saturated rings. The predicted molar refractivity (Wildman–Crippen MR) is 105 cm³/mol. The molecular weight excluding hydrogens is 322 g/mol. The predicted octanol–water partition coefficient (Wildman–Crippen LogP) is 3.92. The van der Waals surface area contributed by atoms with Crippen molar-refractivity contribution in [3.05, 3.63) is 89.7 Å². The molecule has 130 valence electrons. The molecule has 2 aromatic carbocycles. The number of rotatable bonds is 3. The van der Waals surface area contributed by atoms with Gasteiger partial charge in [0, 0.05) is 37.7 Å². The van der Waals surface area contributed by atoms with Gasteiger partial charge in [-0.1, -0.05) is 42.5 Å². The topological polar surface area (TPSA) is 36.4 Å². The Morgan fingerprint density at radius 1 is 1.00 bits per heavy atom. The third-order valence-electron chi connectivity index (χ3n) is 4.91. The number of hydrogen-bond donors (Lipinski definition) is 0. The van der Waals surface area contributed by atoms with E-state index in [4.69, 9.17) is 0 Å². The van der Waals surface area contributed by atoms with Gasteiger partial charge in [-0.2, -0.15) is 0 Å². The summed E-state index contributed by atoms with van der Waals surface area (Å²) in [5, 5.41) is 0. The number of anilines is 2. The van der Waals surface area contributed by atoms with Crippen LogP contribution in [0.2, 0.25) is 0 Å². The Hall–Kier alpha value is -3.14. The number of pyridine rings is 1. The Kier molecular flexibility index (Phi) is 4.40. The highest BCUT2D eigenvalue weighted by Crippen LogP contribution is 2.25. The van der Waals surface area contributed by atoms with Gasteiger partial charge < -0.3 is 9.80 Å². The first-order valence-electron chi connectivity index (χ1n) is 8.83. The van der Waals surface area contributed by atoms with Crippen LogP contribution in [0.4, 0.5) is 11.4 Å². The second kappa shape index (κ2) is 7.00. The maximum absolute atomic E-state index is 12.8. The Balaban J connectivity index is 1.57. The molecule has 26 heavy (non-hydrogen) atoms. The fourth-order valence-electron chi connectivity index (χ4n) is 3.39. The van der Waals surface area contributed by atoms with E-state index in [0.717, 1.165) is 30.9 Å². The van der Waals surface area contributed by atoms with Crippen molar-refractivity contribution in [2.24, 2.45) is 0 Å². The molecule has 4 heteroatoms. The second-order valence-electron chi connectivity index (χ2n) is 6.54. The van der Waals surface area contributed by atoms with E-state index in [0.29, 0.717) is 5.69 Å². The van der Waals surface area contributed by atoms with Crippen molar-refractivity contribution < 1.29 is 4.79 Å². The van der Waals surface area contributed by atoms with Crippen LogP contribution in [0.25, 0.3) is 0 Å². The van der Waals surface area contributed by atoms with Crippen molar-refractivity contribution in [3.8, 4) is 0 Å². The Morgan fingerprint density at radius 3 is 2.54 bits per heavy atom. The lowest BCUT2D eigenvalue weighted by molar-refractivity contribution is 0.0988. The number of fused-ring (bicyclic) bond motifs is 1. The van der Waals surface area contributed by atoms with Gasteiger partial charge in [0.05, 0.1) is 0 Å². The molecule has 1 aromatic heterocycles. The molecule has 0 unspecified atom stereocenters. The number of benzene rings is 2. The summed E-state index contributed by atoms with van der Waals surface area (Å²) in [6, 6.07) is 22.1. The van der Waals surface area contributed by atoms with Gasteiger partial charge in [-0.25, -0.2) is 0 Å². The second-order valence-corrected chi connectivity index (χ2v) is 6.54. The number of aromatic nitrogens is 1. The average molecular weight is 343 g/mol. The largest absolute Gasteiger partial charge is 0.367 e. The molecule has 2 heterocycles. The molecule has 0 saturated carbocycles. The van der Waals surface area contributed by atoms with E-state index in [2.05, 4.69) is 34.1 Å². The van der Waals surface area contributed by atoms with Gasteiger partial charge in [0.25, 0.3) is 5.91 Å². The van der Waals surface area contributed by atoms with Crippen molar-refractivity contribution in [2.45, 2.75) is 13.0 Å². The van der Waals surface area contributed by atoms with E-state index >= 15 is 0 Å². The van der Waals surface area contributed by atoms with Crippen LogP contribution in [0.5, 0.6) is 0 Å². The van der Waals surface area contributed by atoms with Gasteiger partial charge in [0.2, 0.25) is 0 Å². The van der Waals surface area contributed by atoms with Crippen LogP contribution < -0.4 is 9.80 Å². The molecule has 0 radical (unpaired) electrons. The summed E-state index contributed by atoms with van der Waals surface area (Å²) < 4.78 is 0. The summed E-state index contributed by atoms with van der Waals surface area (Å²) in [7, 11) is 1.78. The zero-order valence-electron chi connectivity index (χ0n) is 14.8. The lowest BCUT2D eigenvalue weighted by Gasteiger charge is -2.31. The zero-order valence-corrected chi connectivity index (χ0v) is 14.8. The monoisotopic (exact) mass is 343 g/mol. The van der Waals surface area contributed by atoms with Crippen molar-refractivity contribution in [1.29, 1.82) is 0 Å². The van der Waals surface area contributed by atoms with Gasteiger partial charge in [0.1, 0.15) is 5.69 Å². The smallest absolute Gasteiger partial charge is 0.276 e. The number of hydrogen-bond acceptors (Lipinski definition) is 3. The van der Waals surface area contributed by atoms with Crippen molar-refractivity contribution >= 4 is 17.3 Å². The van der Waals surface area contributed by atoms with Crippen LogP contribution in [0.1, 0.15) is 21.6 Å². The Labute approximate surface area is 153 Å². The first-order valence-corrected chi connectivity index (χ1v) is 8.83. The van der Waals surface area contributed by atoms with Crippen molar-refractivity contribution in [3.63, 3.8) is 0 Å². The maximum atomic E-state index is 12.8. The molecule has 3 aromatic rings. The molecular formula is C22H21N3O. The summed E-state index contributed by atoms with van der Waals surface area (Å²) >= 11 is 0. The Morgan fingerprint density at radius 2 is 1.73 bits per heavy atom. The molecule has 1 aliphatic rings. The summed E-state index contributed by atoms with van der Waals surface area (Å²) in [6.45, 7) is 1.81. The molecule has 1 amide bonds. The highest BCUT2D eigenvalue weighted by atomic mass is 16.2.